The number of ether oxygens (including phenoxy) is 3. The number of nitrogens with zero attached hydrogens (tertiary/aromatic N) is 11. The van der Waals surface area contributed by atoms with Crippen molar-refractivity contribution >= 4 is 51.5 Å². The molecule has 0 amide bonds. The van der Waals surface area contributed by atoms with Crippen LogP contribution in [0.4, 0.5) is 30.8 Å². The number of nitrogens with one attached hydrogen (secondary N) is 2. The van der Waals surface area contributed by atoms with Crippen LogP contribution in [-0.4, -0.2) is 89.9 Å². The Morgan fingerprint density at radius 3 is 2.35 bits per heavy atom. The van der Waals surface area contributed by atoms with E-state index >= 15 is 4.79 Å². The van der Waals surface area contributed by atoms with Crippen LogP contribution in [0.25, 0.3) is 28.0 Å². The molecule has 71 heavy (non-hydrogen) atoms. The molecule has 0 spiro atoms. The molecule has 19 nitrogen and oxygen atoms in total. The summed E-state index contributed by atoms with van der Waals surface area (Å²) in [6.07, 6.45) is 11.3. The van der Waals surface area contributed by atoms with E-state index < -0.39 is 39.9 Å². The van der Waals surface area contributed by atoms with Crippen LogP contribution in [0.2, 0.25) is 0 Å². The number of allylic oxidation sites excluding steroid dienone is 1. The average Bonchev–Trinajstić information content (AvgIpc) is 4.21. The van der Waals surface area contributed by atoms with E-state index in [2.05, 4.69) is 25.7 Å². The van der Waals surface area contributed by atoms with Gasteiger partial charge in [0.05, 0.1) is 64.7 Å². The first-order valence-electron chi connectivity index (χ1n) is 24.8. The summed E-state index contributed by atoms with van der Waals surface area (Å²) in [6, 6.07) is 1.91. The zero-order chi connectivity index (χ0) is 48.6. The summed E-state index contributed by atoms with van der Waals surface area (Å²) in [5.41, 5.74) is -0.928. The number of aryl methyl sites for hydroxylation is 2. The molecule has 8 bridgehead atoms. The fourth-order valence-electron chi connectivity index (χ4n) is 15.7. The second-order valence-electron chi connectivity index (χ2n) is 22.0. The van der Waals surface area contributed by atoms with E-state index in [1.807, 2.05) is 30.7 Å². The molecular formula is C49H52F3N13O6. The highest BCUT2D eigenvalue weighted by Crippen LogP contribution is 2.70. The number of anilines is 3. The van der Waals surface area contributed by atoms with Crippen molar-refractivity contribution in [3.8, 4) is 0 Å². The molecule has 1 saturated heterocycles. The van der Waals surface area contributed by atoms with Crippen molar-refractivity contribution in [1.29, 1.82) is 0 Å². The van der Waals surface area contributed by atoms with Crippen molar-refractivity contribution in [2.75, 3.05) is 23.8 Å². The lowest BCUT2D eigenvalue weighted by Gasteiger charge is -2.44. The quantitative estimate of drug-likeness (QED) is 0.140. The second kappa shape index (κ2) is 14.6. The summed E-state index contributed by atoms with van der Waals surface area (Å²) in [5.74, 6) is 0.716. The van der Waals surface area contributed by atoms with Gasteiger partial charge >= 0.3 is 23.5 Å². The molecule has 7 heterocycles. The van der Waals surface area contributed by atoms with Gasteiger partial charge in [-0.05, 0) is 126 Å². The third-order valence-corrected chi connectivity index (χ3v) is 18.1. The van der Waals surface area contributed by atoms with Crippen molar-refractivity contribution < 1.29 is 32.2 Å². The molecule has 6 atom stereocenters. The maximum absolute atomic E-state index is 15.5. The normalized spacial score (nSPS) is 33.2. The maximum Gasteiger partial charge on any atom is 0.418 e. The summed E-state index contributed by atoms with van der Waals surface area (Å²) in [4.78, 5) is 67.4. The first-order chi connectivity index (χ1) is 34.1. The smallest absolute Gasteiger partial charge is 0.418 e. The molecule has 6 aromatic rings. The van der Waals surface area contributed by atoms with Crippen LogP contribution in [0.5, 0.6) is 0 Å². The van der Waals surface area contributed by atoms with E-state index in [0.717, 1.165) is 43.7 Å². The van der Waals surface area contributed by atoms with Crippen LogP contribution in [0.15, 0.2) is 64.0 Å². The Kier molecular flexibility index (Phi) is 8.92. The highest BCUT2D eigenvalue weighted by atomic mass is 19.4. The van der Waals surface area contributed by atoms with Gasteiger partial charge in [-0.3, -0.25) is 23.1 Å². The number of hydrogen-bond acceptors (Lipinski definition) is 14. The van der Waals surface area contributed by atoms with Crippen LogP contribution >= 0.6 is 0 Å². The topological polar surface area (TPSA) is 204 Å². The number of fused-ring (bicyclic) bond motifs is 4. The third kappa shape index (κ3) is 6.05. The SMILES string of the molecule is CCOC(=O)C12CC3CC(n4c(=O)n(COC56CC7CC(C5)CC6(n5c(=O)n(C)c6cnc(NC8=CC9CCOC9C=C8C(F)(F)F)nc65)C7)c5cnc(Nc6cn7ncnc7cc6C)nc54)(CC3C1)C2. The molecule has 0 aromatic carbocycles. The lowest BCUT2D eigenvalue weighted by molar-refractivity contribution is -0.160. The minimum atomic E-state index is -4.66. The molecule has 6 aromatic heterocycles. The number of esters is 1. The van der Waals surface area contributed by atoms with Crippen molar-refractivity contribution in [2.24, 2.45) is 42.1 Å². The van der Waals surface area contributed by atoms with Gasteiger partial charge in [0.1, 0.15) is 24.1 Å². The monoisotopic (exact) mass is 975 g/mol. The van der Waals surface area contributed by atoms with E-state index in [4.69, 9.17) is 29.2 Å². The lowest BCUT2D eigenvalue weighted by Crippen LogP contribution is -2.53. The summed E-state index contributed by atoms with van der Waals surface area (Å²) in [6.45, 7) is 4.24. The Morgan fingerprint density at radius 1 is 0.901 bits per heavy atom. The number of alkyl halides is 3. The van der Waals surface area contributed by atoms with E-state index in [1.54, 1.807) is 33.0 Å². The van der Waals surface area contributed by atoms with Crippen molar-refractivity contribution in [3.63, 3.8) is 0 Å². The number of imidazole rings is 2. The van der Waals surface area contributed by atoms with Gasteiger partial charge in [0, 0.05) is 25.3 Å². The van der Waals surface area contributed by atoms with Gasteiger partial charge in [-0.2, -0.15) is 28.2 Å². The van der Waals surface area contributed by atoms with E-state index in [9.17, 15) is 22.8 Å². The fourth-order valence-corrected chi connectivity index (χ4v) is 15.7. The predicted octanol–water partition coefficient (Wildman–Crippen LogP) is 6.13. The van der Waals surface area contributed by atoms with Crippen LogP contribution in [-0.2, 0) is 43.9 Å². The highest BCUT2D eigenvalue weighted by Gasteiger charge is 2.70. The highest BCUT2D eigenvalue weighted by molar-refractivity contribution is 5.79. The van der Waals surface area contributed by atoms with Gasteiger partial charge in [0.25, 0.3) is 0 Å². The Hall–Kier alpha value is -6.42. The van der Waals surface area contributed by atoms with Crippen LogP contribution in [0, 0.1) is 41.9 Å². The molecule has 10 aliphatic rings. The molecule has 6 unspecified atom stereocenters. The predicted molar refractivity (Wildman–Crippen MR) is 248 cm³/mol. The number of carbonyl (C=O) groups excluding carboxylic acids is 1. The Balaban J connectivity index is 0.853. The number of halogens is 3. The number of carbonyl (C=O) groups is 1. The molecular weight excluding hydrogens is 924 g/mol. The average molecular weight is 976 g/mol. The summed E-state index contributed by atoms with van der Waals surface area (Å²) < 4.78 is 70.3. The molecule has 9 aliphatic carbocycles. The summed E-state index contributed by atoms with van der Waals surface area (Å²) >= 11 is 0. The summed E-state index contributed by atoms with van der Waals surface area (Å²) in [5, 5.41) is 10.5. The first kappa shape index (κ1) is 43.4. The number of pyridine rings is 1. The van der Waals surface area contributed by atoms with Gasteiger partial charge in [-0.1, -0.05) is 6.08 Å². The van der Waals surface area contributed by atoms with Crippen molar-refractivity contribution in [2.45, 2.75) is 120 Å². The molecule has 22 heteroatoms. The molecule has 0 radical (unpaired) electrons. The minimum Gasteiger partial charge on any atom is -0.466 e. The van der Waals surface area contributed by atoms with E-state index in [1.165, 1.54) is 17.1 Å². The molecule has 16 rings (SSSR count). The van der Waals surface area contributed by atoms with Crippen molar-refractivity contribution in [3.05, 3.63) is 80.9 Å². The molecule has 8 saturated carbocycles. The Labute approximate surface area is 402 Å². The molecule has 370 valence electrons. The van der Waals surface area contributed by atoms with E-state index in [0.29, 0.717) is 78.8 Å². The zero-order valence-corrected chi connectivity index (χ0v) is 39.4. The molecule has 9 fully saturated rings. The van der Waals surface area contributed by atoms with Gasteiger partial charge in [0.15, 0.2) is 16.9 Å². The lowest BCUT2D eigenvalue weighted by atomic mass is 9.65. The van der Waals surface area contributed by atoms with Crippen LogP contribution < -0.4 is 22.0 Å². The van der Waals surface area contributed by atoms with Crippen LogP contribution in [0.1, 0.15) is 83.1 Å². The number of rotatable bonds is 11. The van der Waals surface area contributed by atoms with Gasteiger partial charge in [0.2, 0.25) is 11.9 Å². The molecule has 1 aliphatic heterocycles. The Morgan fingerprint density at radius 2 is 1.62 bits per heavy atom. The van der Waals surface area contributed by atoms with Gasteiger partial charge in [-0.25, -0.2) is 29.1 Å². The molecule has 2 N–H and O–H groups in total. The van der Waals surface area contributed by atoms with Crippen molar-refractivity contribution in [1.82, 2.24) is 52.8 Å². The Bertz CT molecular complexity index is 3450. The number of aromatic nitrogens is 11. The van der Waals surface area contributed by atoms with E-state index in [-0.39, 0.29) is 77.9 Å². The standard InChI is InChI=1S/C49H52F3N13O6/c1-4-69-40(66)45-15-29-17-46(22-45,18-30(29)16-45)64-39-35(20-54-42(60-39)58-33-21-63-37(7-25(33)2)55-23-56-63)62(44(64)68)24-71-48-13-26-8-27(14-48)12-47(48,11-26)65-38-34(61(3)43(65)67)19-53-41(59-38)57-32-9-28-5-6-70-36(28)10-31(32)49(50,51)52/h7,9-10,19-21,23,26-30,36H,4-6,8,11-18,22,24H2,1-3H3,(H,53,57,59)(H,54,58,60). The van der Waals surface area contributed by atoms with Crippen LogP contribution in [0.3, 0.4) is 0 Å². The largest absolute Gasteiger partial charge is 0.466 e. The maximum atomic E-state index is 15.5. The first-order valence-corrected chi connectivity index (χ1v) is 24.8. The fraction of sp³-hybridized carbons (Fsp3) is 0.571. The van der Waals surface area contributed by atoms with Gasteiger partial charge in [-0.15, -0.1) is 0 Å². The second-order valence-corrected chi connectivity index (χ2v) is 22.0. The third-order valence-electron chi connectivity index (χ3n) is 18.1. The summed E-state index contributed by atoms with van der Waals surface area (Å²) in [7, 11) is 1.65. The van der Waals surface area contributed by atoms with Gasteiger partial charge < -0.3 is 24.8 Å². The number of hydrogen-bond donors (Lipinski definition) is 2. The minimum absolute atomic E-state index is 0.0689. The zero-order valence-electron chi connectivity index (χ0n) is 39.4.